The number of fused-ring (bicyclic) bond motifs is 1. The normalized spacial score (nSPS) is 31.9. The third kappa shape index (κ3) is 1.94. The van der Waals surface area contributed by atoms with E-state index in [9.17, 15) is 0 Å². The Morgan fingerprint density at radius 3 is 3.12 bits per heavy atom. The van der Waals surface area contributed by atoms with Crippen LogP contribution in [0.15, 0.2) is 22.8 Å². The average molecular weight is 404 g/mol. The van der Waals surface area contributed by atoms with E-state index in [0.717, 1.165) is 10.7 Å². The quantitative estimate of drug-likeness (QED) is 0.718. The fraction of sp³-hybridized carbons (Fsp3) is 0.615. The molecule has 2 atom stereocenters. The number of ether oxygens (including phenoxy) is 3. The van der Waals surface area contributed by atoms with Crippen molar-refractivity contribution in [3.63, 3.8) is 0 Å². The van der Waals surface area contributed by atoms with Crippen molar-refractivity contribution >= 4 is 4.08 Å². The van der Waals surface area contributed by atoms with Crippen molar-refractivity contribution in [3.05, 3.63) is 22.8 Å². The van der Waals surface area contributed by atoms with Crippen LogP contribution >= 0.6 is 0 Å². The number of allylic oxidation sites excluding steroid dienone is 2. The summed E-state index contributed by atoms with van der Waals surface area (Å²) in [7, 11) is 1.75. The van der Waals surface area contributed by atoms with Crippen molar-refractivity contribution in [2.75, 3.05) is 20.5 Å². The third-order valence-electron chi connectivity index (χ3n) is 3.73. The molecule has 17 heavy (non-hydrogen) atoms. The van der Waals surface area contributed by atoms with Gasteiger partial charge in [-0.25, -0.2) is 0 Å². The van der Waals surface area contributed by atoms with Crippen LogP contribution in [0.4, 0.5) is 0 Å². The first-order valence-corrected chi connectivity index (χ1v) is 7.50. The van der Waals surface area contributed by atoms with E-state index in [1.54, 1.807) is 7.11 Å². The zero-order valence-electron chi connectivity index (χ0n) is 9.90. The molecule has 0 aromatic heterocycles. The zero-order chi connectivity index (χ0) is 11.8. The van der Waals surface area contributed by atoms with Crippen molar-refractivity contribution in [2.24, 2.45) is 5.92 Å². The average Bonchev–Trinajstić information content (AvgIpc) is 2.84. The monoisotopic (exact) mass is 404 g/mol. The third-order valence-corrected chi connectivity index (χ3v) is 5.12. The molecule has 1 fully saturated rings. The second-order valence-corrected chi connectivity index (χ2v) is 5.96. The Kier molecular flexibility index (Phi) is 3.44. The summed E-state index contributed by atoms with van der Waals surface area (Å²) < 4.78 is 17.7. The molecule has 3 aliphatic rings. The van der Waals surface area contributed by atoms with E-state index >= 15 is 0 Å². The van der Waals surface area contributed by atoms with Crippen LogP contribution in [0.5, 0.6) is 0 Å². The molecule has 0 aromatic carbocycles. The van der Waals surface area contributed by atoms with Gasteiger partial charge in [-0.3, -0.25) is 0 Å². The van der Waals surface area contributed by atoms with E-state index < -0.39 is 0 Å². The molecule has 0 saturated carbocycles. The summed E-state index contributed by atoms with van der Waals surface area (Å²) in [5.41, 5.74) is 4.27. The Morgan fingerprint density at radius 1 is 1.53 bits per heavy atom. The van der Waals surface area contributed by atoms with Crippen molar-refractivity contribution in [3.8, 4) is 0 Å². The molecule has 0 radical (unpaired) electrons. The summed E-state index contributed by atoms with van der Waals surface area (Å²) in [5.74, 6) is 0.438. The van der Waals surface area contributed by atoms with Gasteiger partial charge < -0.3 is 0 Å². The maximum atomic E-state index is 5.71. The van der Waals surface area contributed by atoms with Crippen LogP contribution in [0, 0.1) is 5.92 Å². The molecule has 2 unspecified atom stereocenters. The van der Waals surface area contributed by atoms with Gasteiger partial charge in [0.25, 0.3) is 0 Å². The van der Waals surface area contributed by atoms with Gasteiger partial charge in [0.1, 0.15) is 0 Å². The predicted octanol–water partition coefficient (Wildman–Crippen LogP) is 1.72. The first-order chi connectivity index (χ1) is 8.33. The van der Waals surface area contributed by atoms with E-state index in [1.807, 2.05) is 0 Å². The molecule has 1 aliphatic heterocycles. The number of hydrogen-bond acceptors (Lipinski definition) is 3. The van der Waals surface area contributed by atoms with E-state index in [-0.39, 0.29) is 6.10 Å². The molecule has 0 amide bonds. The van der Waals surface area contributed by atoms with Crippen molar-refractivity contribution in [1.29, 1.82) is 0 Å². The predicted molar refractivity (Wildman–Crippen MR) is 60.2 cm³/mol. The Bertz CT molecular complexity index is 411. The van der Waals surface area contributed by atoms with Crippen LogP contribution < -0.4 is 0 Å². The molecule has 92 valence electrons. The second-order valence-electron chi connectivity index (χ2n) is 4.62. The standard InChI is InChI=1S/C13H16O3.W/c1-14-6-10-12(9-4-2-3-5-9)11-7-15-8-16-13(10)11;/h4,11,13H,2-3,5,7-8H2,1H3;. The van der Waals surface area contributed by atoms with Gasteiger partial charge in [0.05, 0.1) is 0 Å². The van der Waals surface area contributed by atoms with Crippen LogP contribution in [0.1, 0.15) is 19.3 Å². The molecular formula is C13H16O3W. The van der Waals surface area contributed by atoms with Gasteiger partial charge in [0.2, 0.25) is 0 Å². The fourth-order valence-electron chi connectivity index (χ4n) is 2.94. The molecule has 1 heterocycles. The van der Waals surface area contributed by atoms with Gasteiger partial charge in [0, 0.05) is 0 Å². The molecule has 2 aliphatic carbocycles. The van der Waals surface area contributed by atoms with Crippen molar-refractivity contribution in [2.45, 2.75) is 25.4 Å². The van der Waals surface area contributed by atoms with Crippen LogP contribution in [0.25, 0.3) is 0 Å². The van der Waals surface area contributed by atoms with E-state index in [1.165, 1.54) is 55.3 Å². The van der Waals surface area contributed by atoms with E-state index in [0.29, 0.717) is 12.7 Å². The van der Waals surface area contributed by atoms with Crippen LogP contribution in [-0.2, 0) is 33.6 Å². The van der Waals surface area contributed by atoms with Crippen LogP contribution in [0.2, 0.25) is 0 Å². The Labute approximate surface area is 112 Å². The van der Waals surface area contributed by atoms with Gasteiger partial charge in [0.15, 0.2) is 0 Å². The van der Waals surface area contributed by atoms with Crippen molar-refractivity contribution in [1.82, 2.24) is 0 Å². The minimum atomic E-state index is 0.215. The molecule has 0 N–H and O–H groups in total. The van der Waals surface area contributed by atoms with Gasteiger partial charge >= 0.3 is 112 Å². The molecule has 0 spiro atoms. The van der Waals surface area contributed by atoms with Crippen LogP contribution in [-0.4, -0.2) is 30.7 Å². The van der Waals surface area contributed by atoms with Gasteiger partial charge in [-0.05, 0) is 0 Å². The van der Waals surface area contributed by atoms with Gasteiger partial charge in [-0.2, -0.15) is 0 Å². The first-order valence-electron chi connectivity index (χ1n) is 6.04. The minimum absolute atomic E-state index is 0.215. The Morgan fingerprint density at radius 2 is 2.41 bits per heavy atom. The summed E-state index contributed by atoms with van der Waals surface area (Å²) >= 11 is 1.38. The summed E-state index contributed by atoms with van der Waals surface area (Å²) in [6, 6.07) is 0. The first kappa shape index (κ1) is 12.0. The van der Waals surface area contributed by atoms with Gasteiger partial charge in [-0.15, -0.1) is 0 Å². The Balaban J connectivity index is 1.96. The number of hydrogen-bond donors (Lipinski definition) is 0. The topological polar surface area (TPSA) is 27.7 Å². The number of methoxy groups -OCH3 is 1. The Hall–Kier alpha value is -0.0817. The molecular weight excluding hydrogens is 388 g/mol. The summed E-state index contributed by atoms with van der Waals surface area (Å²) in [5, 5.41) is 0. The van der Waals surface area contributed by atoms with Crippen molar-refractivity contribution < 1.29 is 33.6 Å². The SMILES string of the molecule is CO[C](=[W])C1=C(C2=CCCC2)C2COCOC12. The second kappa shape index (κ2) is 4.89. The van der Waals surface area contributed by atoms with Crippen LogP contribution in [0.3, 0.4) is 0 Å². The molecule has 4 heteroatoms. The molecule has 0 bridgehead atoms. The molecule has 3 rings (SSSR count). The van der Waals surface area contributed by atoms with E-state index in [2.05, 4.69) is 6.08 Å². The van der Waals surface area contributed by atoms with Gasteiger partial charge in [-0.1, -0.05) is 0 Å². The summed E-state index contributed by atoms with van der Waals surface area (Å²) in [6.45, 7) is 1.22. The summed E-state index contributed by atoms with van der Waals surface area (Å²) in [6.07, 6.45) is 6.29. The zero-order valence-corrected chi connectivity index (χ0v) is 12.8. The maximum absolute atomic E-state index is 5.71. The molecule has 1 saturated heterocycles. The molecule has 0 aromatic rings. The summed E-state index contributed by atoms with van der Waals surface area (Å²) in [4.78, 5) is 0. The molecule has 3 nitrogen and oxygen atoms in total. The van der Waals surface area contributed by atoms with E-state index in [4.69, 9.17) is 14.2 Å². The number of rotatable bonds is 3. The fourth-order valence-corrected chi connectivity index (χ4v) is 3.75.